The van der Waals surface area contributed by atoms with Crippen molar-refractivity contribution in [3.05, 3.63) is 42.4 Å². The van der Waals surface area contributed by atoms with Crippen LogP contribution in [0, 0.1) is 5.92 Å². The lowest BCUT2D eigenvalue weighted by molar-refractivity contribution is -0.0547. The topological polar surface area (TPSA) is 55.6 Å². The summed E-state index contributed by atoms with van der Waals surface area (Å²) < 4.78 is 11.0. The largest absolute Gasteiger partial charge is 0.444 e. The van der Waals surface area contributed by atoms with E-state index in [1.54, 1.807) is 6.20 Å². The summed E-state index contributed by atoms with van der Waals surface area (Å²) in [5, 5.41) is 0. The molecule has 1 aliphatic heterocycles. The van der Waals surface area contributed by atoms with Crippen LogP contribution in [0.15, 0.2) is 41.3 Å². The van der Waals surface area contributed by atoms with Crippen LogP contribution < -0.4 is 0 Å². The Labute approximate surface area is 135 Å². The van der Waals surface area contributed by atoms with Crippen LogP contribution in [0.4, 0.5) is 0 Å². The number of carbonyl (C=O) groups excluding carboxylic acids is 1. The van der Waals surface area contributed by atoms with Gasteiger partial charge in [-0.2, -0.15) is 0 Å². The van der Waals surface area contributed by atoms with Crippen LogP contribution in [0.1, 0.15) is 30.1 Å². The van der Waals surface area contributed by atoms with Gasteiger partial charge in [0.1, 0.15) is 0 Å². The fourth-order valence-corrected chi connectivity index (χ4v) is 3.46. The smallest absolute Gasteiger partial charge is 0.254 e. The molecule has 2 heterocycles. The van der Waals surface area contributed by atoms with Crippen molar-refractivity contribution in [2.24, 2.45) is 5.92 Å². The van der Waals surface area contributed by atoms with Crippen molar-refractivity contribution in [2.45, 2.75) is 25.3 Å². The van der Waals surface area contributed by atoms with Crippen molar-refractivity contribution >= 4 is 5.91 Å². The third-order valence-corrected chi connectivity index (χ3v) is 5.00. The van der Waals surface area contributed by atoms with Crippen molar-refractivity contribution in [1.82, 2.24) is 9.88 Å². The maximum Gasteiger partial charge on any atom is 0.254 e. The third kappa shape index (κ3) is 2.55. The number of morpholine rings is 1. The molecule has 1 aliphatic carbocycles. The SMILES string of the molecule is C[C@@]1(C2CC2)COCCN1C(=O)c1cccc(-c2cnco2)c1. The number of benzene rings is 1. The van der Waals surface area contributed by atoms with E-state index in [1.165, 1.54) is 19.2 Å². The zero-order chi connectivity index (χ0) is 15.9. The summed E-state index contributed by atoms with van der Waals surface area (Å²) in [7, 11) is 0. The van der Waals surface area contributed by atoms with Gasteiger partial charge in [0.25, 0.3) is 5.91 Å². The van der Waals surface area contributed by atoms with E-state index in [0.717, 1.165) is 5.56 Å². The molecular formula is C18H20N2O3. The highest BCUT2D eigenvalue weighted by molar-refractivity contribution is 5.96. The summed E-state index contributed by atoms with van der Waals surface area (Å²) in [6, 6.07) is 7.56. The Morgan fingerprint density at radius 2 is 2.26 bits per heavy atom. The fraction of sp³-hybridized carbons (Fsp3) is 0.444. The lowest BCUT2D eigenvalue weighted by atomic mass is 9.92. The van der Waals surface area contributed by atoms with Crippen LogP contribution in [0.2, 0.25) is 0 Å². The Kier molecular flexibility index (Phi) is 3.45. The van der Waals surface area contributed by atoms with Crippen LogP contribution in [-0.2, 0) is 4.74 Å². The molecule has 1 aromatic carbocycles. The van der Waals surface area contributed by atoms with Gasteiger partial charge in [-0.25, -0.2) is 4.98 Å². The number of amides is 1. The standard InChI is InChI=1S/C18H20N2O3/c1-18(15-5-6-15)11-22-8-7-20(18)17(21)14-4-2-3-13(9-14)16-10-19-12-23-16/h2-4,9-10,12,15H,5-8,11H2,1H3/t18-/m0/s1. The first-order valence-electron chi connectivity index (χ1n) is 8.07. The molecule has 2 aliphatic rings. The van der Waals surface area contributed by atoms with Crippen molar-refractivity contribution in [3.63, 3.8) is 0 Å². The molecule has 120 valence electrons. The molecule has 1 amide bonds. The number of aromatic nitrogens is 1. The lowest BCUT2D eigenvalue weighted by Crippen LogP contribution is -2.58. The number of rotatable bonds is 3. The zero-order valence-electron chi connectivity index (χ0n) is 13.2. The molecule has 1 saturated carbocycles. The molecule has 1 atom stereocenters. The molecular weight excluding hydrogens is 292 g/mol. The Morgan fingerprint density at radius 1 is 1.39 bits per heavy atom. The van der Waals surface area contributed by atoms with Crippen molar-refractivity contribution in [2.75, 3.05) is 19.8 Å². The molecule has 5 heteroatoms. The van der Waals surface area contributed by atoms with Gasteiger partial charge in [0.15, 0.2) is 12.2 Å². The fourth-order valence-electron chi connectivity index (χ4n) is 3.46. The van der Waals surface area contributed by atoms with E-state index >= 15 is 0 Å². The molecule has 1 saturated heterocycles. The number of hydrogen-bond acceptors (Lipinski definition) is 4. The number of oxazole rings is 1. The summed E-state index contributed by atoms with van der Waals surface area (Å²) in [6.45, 7) is 4.04. The van der Waals surface area contributed by atoms with E-state index in [2.05, 4.69) is 11.9 Å². The molecule has 2 aromatic rings. The van der Waals surface area contributed by atoms with E-state index in [9.17, 15) is 4.79 Å². The molecule has 0 spiro atoms. The summed E-state index contributed by atoms with van der Waals surface area (Å²) in [4.78, 5) is 19.0. The van der Waals surface area contributed by atoms with Gasteiger partial charge in [0.05, 0.1) is 24.9 Å². The highest BCUT2D eigenvalue weighted by Gasteiger charge is 2.49. The summed E-state index contributed by atoms with van der Waals surface area (Å²) in [5.74, 6) is 1.31. The normalized spacial score (nSPS) is 24.7. The highest BCUT2D eigenvalue weighted by atomic mass is 16.5. The Hall–Kier alpha value is -2.14. The van der Waals surface area contributed by atoms with E-state index in [0.29, 0.717) is 37.0 Å². The van der Waals surface area contributed by atoms with E-state index in [4.69, 9.17) is 9.15 Å². The maximum atomic E-state index is 13.1. The monoisotopic (exact) mass is 312 g/mol. The molecule has 0 bridgehead atoms. The summed E-state index contributed by atoms with van der Waals surface area (Å²) in [6.07, 6.45) is 5.42. The van der Waals surface area contributed by atoms with Gasteiger partial charge in [0.2, 0.25) is 0 Å². The van der Waals surface area contributed by atoms with Gasteiger partial charge in [0, 0.05) is 17.7 Å². The predicted molar refractivity (Wildman–Crippen MR) is 84.9 cm³/mol. The number of hydrogen-bond donors (Lipinski definition) is 0. The molecule has 0 radical (unpaired) electrons. The molecule has 5 nitrogen and oxygen atoms in total. The van der Waals surface area contributed by atoms with Crippen LogP contribution in [-0.4, -0.2) is 41.1 Å². The quantitative estimate of drug-likeness (QED) is 0.874. The van der Waals surface area contributed by atoms with E-state index < -0.39 is 0 Å². The van der Waals surface area contributed by atoms with Gasteiger partial charge in [-0.3, -0.25) is 4.79 Å². The van der Waals surface area contributed by atoms with Gasteiger partial charge in [-0.15, -0.1) is 0 Å². The van der Waals surface area contributed by atoms with E-state index in [1.807, 2.05) is 29.2 Å². The average Bonchev–Trinajstić information content (AvgIpc) is 3.31. The van der Waals surface area contributed by atoms with Crippen LogP contribution in [0.3, 0.4) is 0 Å². The minimum atomic E-state index is -0.183. The van der Waals surface area contributed by atoms with Gasteiger partial charge < -0.3 is 14.1 Å². The first-order valence-corrected chi connectivity index (χ1v) is 8.07. The summed E-state index contributed by atoms with van der Waals surface area (Å²) in [5.41, 5.74) is 1.37. The Balaban J connectivity index is 1.64. The predicted octanol–water partition coefficient (Wildman–Crippen LogP) is 2.98. The number of carbonyl (C=O) groups is 1. The van der Waals surface area contributed by atoms with Crippen LogP contribution in [0.5, 0.6) is 0 Å². The highest BCUT2D eigenvalue weighted by Crippen LogP contribution is 2.44. The summed E-state index contributed by atoms with van der Waals surface area (Å²) >= 11 is 0. The third-order valence-electron chi connectivity index (χ3n) is 5.00. The Bertz CT molecular complexity index is 709. The minimum Gasteiger partial charge on any atom is -0.444 e. The molecule has 2 fully saturated rings. The molecule has 1 aromatic heterocycles. The van der Waals surface area contributed by atoms with Crippen molar-refractivity contribution in [1.29, 1.82) is 0 Å². The van der Waals surface area contributed by atoms with Crippen molar-refractivity contribution < 1.29 is 13.9 Å². The number of ether oxygens (including phenoxy) is 1. The van der Waals surface area contributed by atoms with Gasteiger partial charge >= 0.3 is 0 Å². The minimum absolute atomic E-state index is 0.0732. The zero-order valence-corrected chi connectivity index (χ0v) is 13.2. The maximum absolute atomic E-state index is 13.1. The van der Waals surface area contributed by atoms with Gasteiger partial charge in [-0.05, 0) is 37.8 Å². The number of nitrogens with zero attached hydrogens (tertiary/aromatic N) is 2. The Morgan fingerprint density at radius 3 is 3.00 bits per heavy atom. The molecule has 0 N–H and O–H groups in total. The molecule has 0 unspecified atom stereocenters. The second-order valence-electron chi connectivity index (χ2n) is 6.59. The molecule has 4 rings (SSSR count). The average molecular weight is 312 g/mol. The first-order chi connectivity index (χ1) is 11.2. The molecule has 23 heavy (non-hydrogen) atoms. The second-order valence-corrected chi connectivity index (χ2v) is 6.59. The van der Waals surface area contributed by atoms with Crippen LogP contribution in [0.25, 0.3) is 11.3 Å². The van der Waals surface area contributed by atoms with Gasteiger partial charge in [-0.1, -0.05) is 12.1 Å². The van der Waals surface area contributed by atoms with Crippen molar-refractivity contribution in [3.8, 4) is 11.3 Å². The van der Waals surface area contributed by atoms with Crippen LogP contribution >= 0.6 is 0 Å². The van der Waals surface area contributed by atoms with E-state index in [-0.39, 0.29) is 11.4 Å². The second kappa shape index (κ2) is 5.49. The lowest BCUT2D eigenvalue weighted by Gasteiger charge is -2.45. The first kappa shape index (κ1) is 14.5.